The smallest absolute Gasteiger partial charge is 0.272 e. The second-order valence-corrected chi connectivity index (χ2v) is 6.23. The number of rotatable bonds is 3. The highest BCUT2D eigenvalue weighted by molar-refractivity contribution is 5.92. The zero-order valence-electron chi connectivity index (χ0n) is 13.6. The SMILES string of the molecule is Cc1ccc(Nc2nccc(C(=O)N3CCC(C)CC3)n2)cc1. The first-order chi connectivity index (χ1) is 11.1. The number of aromatic nitrogens is 2. The number of carbonyl (C=O) groups is 1. The quantitative estimate of drug-likeness (QED) is 0.944. The Hall–Kier alpha value is -2.43. The van der Waals surface area contributed by atoms with Gasteiger partial charge in [-0.05, 0) is 43.9 Å². The van der Waals surface area contributed by atoms with Gasteiger partial charge in [-0.2, -0.15) is 0 Å². The zero-order valence-corrected chi connectivity index (χ0v) is 13.6. The van der Waals surface area contributed by atoms with E-state index in [2.05, 4.69) is 22.2 Å². The minimum absolute atomic E-state index is 0.00810. The van der Waals surface area contributed by atoms with Crippen molar-refractivity contribution in [2.24, 2.45) is 5.92 Å². The maximum absolute atomic E-state index is 12.6. The lowest BCUT2D eigenvalue weighted by Crippen LogP contribution is -2.38. The summed E-state index contributed by atoms with van der Waals surface area (Å²) in [7, 11) is 0. The molecule has 0 aliphatic carbocycles. The van der Waals surface area contributed by atoms with Crippen molar-refractivity contribution in [1.82, 2.24) is 14.9 Å². The summed E-state index contributed by atoms with van der Waals surface area (Å²) in [4.78, 5) is 23.0. The fourth-order valence-electron chi connectivity index (χ4n) is 2.68. The fourth-order valence-corrected chi connectivity index (χ4v) is 2.68. The molecule has 2 heterocycles. The summed E-state index contributed by atoms with van der Waals surface area (Å²) >= 11 is 0. The number of hydrogen-bond acceptors (Lipinski definition) is 4. The van der Waals surface area contributed by atoms with Crippen molar-refractivity contribution in [2.45, 2.75) is 26.7 Å². The van der Waals surface area contributed by atoms with E-state index in [0.29, 0.717) is 17.6 Å². The highest BCUT2D eigenvalue weighted by atomic mass is 16.2. The molecule has 1 aliphatic heterocycles. The van der Waals surface area contributed by atoms with E-state index < -0.39 is 0 Å². The van der Waals surface area contributed by atoms with Crippen LogP contribution in [0.5, 0.6) is 0 Å². The fraction of sp³-hybridized carbons (Fsp3) is 0.389. The van der Waals surface area contributed by atoms with Crippen LogP contribution in [-0.4, -0.2) is 33.9 Å². The predicted molar refractivity (Wildman–Crippen MR) is 90.8 cm³/mol. The minimum Gasteiger partial charge on any atom is -0.337 e. The topological polar surface area (TPSA) is 58.1 Å². The van der Waals surface area contributed by atoms with Crippen LogP contribution < -0.4 is 5.32 Å². The van der Waals surface area contributed by atoms with Crippen LogP contribution >= 0.6 is 0 Å². The molecule has 0 atom stereocenters. The highest BCUT2D eigenvalue weighted by Gasteiger charge is 2.22. The van der Waals surface area contributed by atoms with Gasteiger partial charge in [-0.15, -0.1) is 0 Å². The van der Waals surface area contributed by atoms with Crippen molar-refractivity contribution < 1.29 is 4.79 Å². The molecule has 1 aliphatic rings. The zero-order chi connectivity index (χ0) is 16.2. The molecule has 0 radical (unpaired) electrons. The maximum atomic E-state index is 12.6. The molecule has 2 aromatic rings. The molecule has 5 heteroatoms. The number of nitrogens with zero attached hydrogens (tertiary/aromatic N) is 3. The first kappa shape index (κ1) is 15.5. The number of anilines is 2. The van der Waals surface area contributed by atoms with Gasteiger partial charge >= 0.3 is 0 Å². The summed E-state index contributed by atoms with van der Waals surface area (Å²) in [5, 5.41) is 3.14. The summed E-state index contributed by atoms with van der Waals surface area (Å²) in [6.07, 6.45) is 3.75. The Morgan fingerprint density at radius 2 is 1.87 bits per heavy atom. The molecule has 3 rings (SSSR count). The molecule has 5 nitrogen and oxygen atoms in total. The molecule has 0 spiro atoms. The highest BCUT2D eigenvalue weighted by Crippen LogP contribution is 2.18. The second kappa shape index (κ2) is 6.77. The van der Waals surface area contributed by atoms with Gasteiger partial charge in [-0.1, -0.05) is 24.6 Å². The van der Waals surface area contributed by atoms with Crippen molar-refractivity contribution in [3.63, 3.8) is 0 Å². The molecule has 1 saturated heterocycles. The lowest BCUT2D eigenvalue weighted by atomic mass is 9.99. The number of benzene rings is 1. The van der Waals surface area contributed by atoms with Gasteiger partial charge < -0.3 is 10.2 Å². The van der Waals surface area contributed by atoms with Crippen LogP contribution in [-0.2, 0) is 0 Å². The normalized spacial score (nSPS) is 15.5. The molecule has 120 valence electrons. The molecule has 1 aromatic carbocycles. The lowest BCUT2D eigenvalue weighted by Gasteiger charge is -2.30. The van der Waals surface area contributed by atoms with Crippen molar-refractivity contribution in [1.29, 1.82) is 0 Å². The van der Waals surface area contributed by atoms with E-state index in [9.17, 15) is 4.79 Å². The van der Waals surface area contributed by atoms with Crippen LogP contribution in [0, 0.1) is 12.8 Å². The van der Waals surface area contributed by atoms with E-state index in [1.807, 2.05) is 36.1 Å². The van der Waals surface area contributed by atoms with E-state index in [1.165, 1.54) is 5.56 Å². The van der Waals surface area contributed by atoms with Crippen molar-refractivity contribution in [3.05, 3.63) is 47.8 Å². The predicted octanol–water partition coefficient (Wildman–Crippen LogP) is 3.40. The monoisotopic (exact) mass is 310 g/mol. The van der Waals surface area contributed by atoms with Gasteiger partial charge in [0.25, 0.3) is 5.91 Å². The number of hydrogen-bond donors (Lipinski definition) is 1. The molecule has 0 bridgehead atoms. The number of nitrogens with one attached hydrogen (secondary N) is 1. The summed E-state index contributed by atoms with van der Waals surface area (Å²) < 4.78 is 0. The van der Waals surface area contributed by atoms with Crippen LogP contribution in [0.2, 0.25) is 0 Å². The van der Waals surface area contributed by atoms with Crippen LogP contribution in [0.15, 0.2) is 36.5 Å². The van der Waals surface area contributed by atoms with Gasteiger partial charge in [0, 0.05) is 25.0 Å². The molecule has 1 N–H and O–H groups in total. The van der Waals surface area contributed by atoms with E-state index in [4.69, 9.17) is 0 Å². The Kier molecular flexibility index (Phi) is 4.55. The molecule has 1 amide bonds. The van der Waals surface area contributed by atoms with Crippen molar-refractivity contribution >= 4 is 17.5 Å². The second-order valence-electron chi connectivity index (χ2n) is 6.23. The third-order valence-electron chi connectivity index (χ3n) is 4.25. The van der Waals surface area contributed by atoms with Gasteiger partial charge in [0.1, 0.15) is 5.69 Å². The Balaban J connectivity index is 1.71. The average Bonchev–Trinajstić information content (AvgIpc) is 2.57. The summed E-state index contributed by atoms with van der Waals surface area (Å²) in [5.74, 6) is 1.14. The summed E-state index contributed by atoms with van der Waals surface area (Å²) in [6.45, 7) is 5.89. The molecular formula is C18H22N4O. The number of amides is 1. The number of likely N-dealkylation sites (tertiary alicyclic amines) is 1. The van der Waals surface area contributed by atoms with Crippen molar-refractivity contribution in [2.75, 3.05) is 18.4 Å². The third-order valence-corrected chi connectivity index (χ3v) is 4.25. The van der Waals surface area contributed by atoms with Crippen LogP contribution in [0.3, 0.4) is 0 Å². The van der Waals surface area contributed by atoms with Crippen molar-refractivity contribution in [3.8, 4) is 0 Å². The van der Waals surface area contributed by atoms with E-state index in [1.54, 1.807) is 12.3 Å². The number of aryl methyl sites for hydroxylation is 1. The Labute approximate surface area is 136 Å². The molecule has 23 heavy (non-hydrogen) atoms. The first-order valence-electron chi connectivity index (χ1n) is 8.08. The largest absolute Gasteiger partial charge is 0.337 e. The van der Waals surface area contributed by atoms with Crippen LogP contribution in [0.25, 0.3) is 0 Å². The first-order valence-corrected chi connectivity index (χ1v) is 8.08. The van der Waals surface area contributed by atoms with Gasteiger partial charge in [-0.3, -0.25) is 4.79 Å². The Morgan fingerprint density at radius 1 is 1.17 bits per heavy atom. The summed E-state index contributed by atoms with van der Waals surface area (Å²) in [6, 6.07) is 9.66. The maximum Gasteiger partial charge on any atom is 0.272 e. The van der Waals surface area contributed by atoms with Gasteiger partial charge in [0.2, 0.25) is 5.95 Å². The van der Waals surface area contributed by atoms with Crippen LogP contribution in [0.4, 0.5) is 11.6 Å². The molecule has 1 aromatic heterocycles. The standard InChI is InChI=1S/C18H22N4O/c1-13-3-5-15(6-4-13)20-18-19-10-7-16(21-18)17(23)22-11-8-14(2)9-12-22/h3-7,10,14H,8-9,11-12H2,1-2H3,(H,19,20,21). The third kappa shape index (κ3) is 3.86. The van der Waals surface area contributed by atoms with E-state index in [-0.39, 0.29) is 5.91 Å². The average molecular weight is 310 g/mol. The number of carbonyl (C=O) groups excluding carboxylic acids is 1. The Morgan fingerprint density at radius 3 is 2.57 bits per heavy atom. The molecule has 0 unspecified atom stereocenters. The summed E-state index contributed by atoms with van der Waals surface area (Å²) in [5.41, 5.74) is 2.55. The molecular weight excluding hydrogens is 288 g/mol. The van der Waals surface area contributed by atoms with Gasteiger partial charge in [-0.25, -0.2) is 9.97 Å². The Bertz CT molecular complexity index is 676. The van der Waals surface area contributed by atoms with Crippen LogP contribution in [0.1, 0.15) is 35.8 Å². The molecule has 1 fully saturated rings. The lowest BCUT2D eigenvalue weighted by molar-refractivity contribution is 0.0691. The van der Waals surface area contributed by atoms with E-state index >= 15 is 0 Å². The number of piperidine rings is 1. The van der Waals surface area contributed by atoms with Gasteiger partial charge in [0.05, 0.1) is 0 Å². The molecule has 0 saturated carbocycles. The minimum atomic E-state index is -0.00810. The van der Waals surface area contributed by atoms with Gasteiger partial charge in [0.15, 0.2) is 0 Å². The van der Waals surface area contributed by atoms with E-state index in [0.717, 1.165) is 31.6 Å².